The molecule has 4 aromatic rings. The third kappa shape index (κ3) is 6.23. The lowest BCUT2D eigenvalue weighted by Gasteiger charge is -2.34. The van der Waals surface area contributed by atoms with E-state index in [1.807, 2.05) is 12.1 Å². The van der Waals surface area contributed by atoms with Crippen LogP contribution in [0.4, 0.5) is 23.0 Å². The second-order valence-electron chi connectivity index (χ2n) is 8.85. The van der Waals surface area contributed by atoms with E-state index in [4.69, 9.17) is 14.5 Å². The number of likely N-dealkylation sites (N-methyl/N-ethyl adjacent to an activating group) is 1. The monoisotopic (exact) mass is 658 g/mol. The van der Waals surface area contributed by atoms with Crippen LogP contribution in [0.25, 0.3) is 11.0 Å². The number of hydrogen-bond acceptors (Lipinski definition) is 9. The number of ether oxygens (including phenoxy) is 2. The molecule has 0 aliphatic carbocycles. The van der Waals surface area contributed by atoms with E-state index in [2.05, 4.69) is 72.2 Å². The molecule has 1 fully saturated rings. The van der Waals surface area contributed by atoms with Gasteiger partial charge in [0.15, 0.2) is 5.65 Å². The maximum Gasteiger partial charge on any atom is 0.247 e. The van der Waals surface area contributed by atoms with Crippen LogP contribution in [-0.4, -0.2) is 70.7 Å². The number of rotatable bonds is 9. The lowest BCUT2D eigenvalue weighted by molar-refractivity contribution is -0.111. The van der Waals surface area contributed by atoms with E-state index in [1.54, 1.807) is 42.0 Å². The van der Waals surface area contributed by atoms with Gasteiger partial charge in [0, 0.05) is 49.7 Å². The minimum atomic E-state index is -0.306. The summed E-state index contributed by atoms with van der Waals surface area (Å²) in [5.74, 6) is 1.56. The van der Waals surface area contributed by atoms with Gasteiger partial charge in [-0.1, -0.05) is 12.6 Å². The molecule has 1 amide bonds. The minimum Gasteiger partial charge on any atom is -0.494 e. The molecule has 0 bridgehead atoms. The van der Waals surface area contributed by atoms with Gasteiger partial charge in [0.2, 0.25) is 17.7 Å². The van der Waals surface area contributed by atoms with Crippen LogP contribution in [0.5, 0.6) is 17.4 Å². The summed E-state index contributed by atoms with van der Waals surface area (Å²) in [7, 11) is 3.79. The molecule has 1 unspecified atom stereocenters. The maximum atomic E-state index is 11.7. The van der Waals surface area contributed by atoms with Crippen LogP contribution in [0.3, 0.4) is 0 Å². The first kappa shape index (κ1) is 27.1. The quantitative estimate of drug-likeness (QED) is 0.145. The number of nitrogens with zero attached hydrogens (tertiary/aromatic N) is 6. The van der Waals surface area contributed by atoms with E-state index in [0.717, 1.165) is 37.6 Å². The zero-order valence-corrected chi connectivity index (χ0v) is 24.7. The standard InChI is InChI=1S/C26H28IN8O3P/c1-4-23(36)29-17-6-5-7-19(14-17)38-25-20-16-28-35(39-27)24(20)31-26(32-25)30-21-9-8-18(15-22(21)37-3)34-12-10-33(2)11-13-34/h4-9,14-16,39H,1,10-13H2,2-3H3,(H,29,36)(H,30,31,32). The molecule has 1 aliphatic heterocycles. The van der Waals surface area contributed by atoms with Crippen molar-refractivity contribution in [3.05, 3.63) is 61.3 Å². The number of carbonyl (C=O) groups excluding carboxylic acids is 1. The Hall–Kier alpha value is -3.48. The molecule has 1 saturated heterocycles. The van der Waals surface area contributed by atoms with Crippen LogP contribution in [-0.2, 0) is 4.79 Å². The second-order valence-corrected chi connectivity index (χ2v) is 10.9. The molecule has 202 valence electrons. The Balaban J connectivity index is 1.45. The van der Waals surface area contributed by atoms with E-state index in [9.17, 15) is 4.79 Å². The van der Waals surface area contributed by atoms with Crippen LogP contribution in [0, 0.1) is 0 Å². The Morgan fingerprint density at radius 3 is 2.72 bits per heavy atom. The molecule has 0 spiro atoms. The summed E-state index contributed by atoms with van der Waals surface area (Å²) in [6.07, 6.45) is 3.24. The average molecular weight is 658 g/mol. The minimum absolute atomic E-state index is 0.306. The number of amides is 1. The molecule has 11 nitrogen and oxygen atoms in total. The average Bonchev–Trinajstić information content (AvgIpc) is 3.37. The fraction of sp³-hybridized carbons (Fsp3) is 0.231. The predicted octanol–water partition coefficient (Wildman–Crippen LogP) is 5.04. The fourth-order valence-electron chi connectivity index (χ4n) is 4.18. The number of hydrogen-bond donors (Lipinski definition) is 2. The van der Waals surface area contributed by atoms with Gasteiger partial charge in [-0.3, -0.25) is 4.79 Å². The van der Waals surface area contributed by atoms with Gasteiger partial charge in [-0.2, -0.15) is 15.1 Å². The maximum absolute atomic E-state index is 11.7. The number of piperazine rings is 1. The topological polar surface area (TPSA) is 110 Å². The highest BCUT2D eigenvalue weighted by molar-refractivity contribution is 14.2. The highest BCUT2D eigenvalue weighted by Gasteiger charge is 2.19. The van der Waals surface area contributed by atoms with Gasteiger partial charge < -0.3 is 29.9 Å². The molecule has 2 N–H and O–H groups in total. The first-order valence-electron chi connectivity index (χ1n) is 12.2. The van der Waals surface area contributed by atoms with Crippen LogP contribution in [0.15, 0.2) is 61.3 Å². The lowest BCUT2D eigenvalue weighted by atomic mass is 10.2. The van der Waals surface area contributed by atoms with E-state index in [-0.39, 0.29) is 5.91 Å². The van der Waals surface area contributed by atoms with Gasteiger partial charge >= 0.3 is 0 Å². The summed E-state index contributed by atoms with van der Waals surface area (Å²) in [6, 6.07) is 13.1. The number of anilines is 4. The summed E-state index contributed by atoms with van der Waals surface area (Å²) in [5.41, 5.74) is 3.06. The van der Waals surface area contributed by atoms with Crippen LogP contribution < -0.4 is 25.0 Å². The van der Waals surface area contributed by atoms with Crippen molar-refractivity contribution in [2.45, 2.75) is 0 Å². The predicted molar refractivity (Wildman–Crippen MR) is 164 cm³/mol. The largest absolute Gasteiger partial charge is 0.494 e. The fourth-order valence-corrected chi connectivity index (χ4v) is 5.60. The van der Waals surface area contributed by atoms with Crippen molar-refractivity contribution < 1.29 is 14.3 Å². The van der Waals surface area contributed by atoms with Gasteiger partial charge in [-0.05, 0) is 59.4 Å². The summed E-state index contributed by atoms with van der Waals surface area (Å²) in [6.45, 7) is 7.46. The Bertz CT molecular complexity index is 1510. The third-order valence-electron chi connectivity index (χ3n) is 6.28. The number of halogens is 1. The number of fused-ring (bicyclic) bond motifs is 1. The van der Waals surface area contributed by atoms with Gasteiger partial charge in [0.05, 0.1) is 25.4 Å². The molecule has 5 rings (SSSR count). The number of benzene rings is 2. The molecule has 1 aliphatic rings. The zero-order chi connectivity index (χ0) is 27.4. The molecule has 0 radical (unpaired) electrons. The molecule has 0 saturated carbocycles. The summed E-state index contributed by atoms with van der Waals surface area (Å²) >= 11 is 2.26. The Labute approximate surface area is 240 Å². The van der Waals surface area contributed by atoms with E-state index in [0.29, 0.717) is 46.4 Å². The lowest BCUT2D eigenvalue weighted by Crippen LogP contribution is -2.44. The Kier molecular flexibility index (Phi) is 8.44. The van der Waals surface area contributed by atoms with Gasteiger partial charge in [-0.15, -0.1) is 0 Å². The smallest absolute Gasteiger partial charge is 0.247 e. The molecule has 13 heteroatoms. The summed E-state index contributed by atoms with van der Waals surface area (Å²) in [5, 5.41) is 11.2. The molecule has 2 aromatic heterocycles. The first-order valence-corrected chi connectivity index (χ1v) is 16.3. The number of aromatic nitrogens is 4. The van der Waals surface area contributed by atoms with Crippen LogP contribution in [0.2, 0.25) is 0 Å². The Morgan fingerprint density at radius 2 is 1.97 bits per heavy atom. The van der Waals surface area contributed by atoms with Crippen molar-refractivity contribution in [3.63, 3.8) is 0 Å². The SMILES string of the molecule is C=CC(=O)Nc1cccc(Oc2nc(Nc3ccc(N4CCN(C)CC4)cc3OC)nc3c2cnn3PI)c1. The molecule has 39 heavy (non-hydrogen) atoms. The number of carbonyl (C=O) groups is 1. The van der Waals surface area contributed by atoms with Crippen LogP contribution in [0.1, 0.15) is 0 Å². The number of methoxy groups -OCH3 is 1. The van der Waals surface area contributed by atoms with Crippen molar-refractivity contribution in [2.24, 2.45) is 0 Å². The van der Waals surface area contributed by atoms with Crippen molar-refractivity contribution in [2.75, 3.05) is 55.9 Å². The van der Waals surface area contributed by atoms with Crippen molar-refractivity contribution in [3.8, 4) is 17.4 Å². The van der Waals surface area contributed by atoms with Crippen LogP contribution >= 0.6 is 28.4 Å². The van der Waals surface area contributed by atoms with Crippen molar-refractivity contribution in [1.82, 2.24) is 24.4 Å². The molecule has 1 atom stereocenters. The van der Waals surface area contributed by atoms with Crippen molar-refractivity contribution >= 4 is 68.4 Å². The van der Waals surface area contributed by atoms with E-state index >= 15 is 0 Å². The highest BCUT2D eigenvalue weighted by atomic mass is 127. The Morgan fingerprint density at radius 1 is 1.15 bits per heavy atom. The first-order chi connectivity index (χ1) is 19.0. The molecular formula is C26H28IN8O3P. The third-order valence-corrected chi connectivity index (χ3v) is 8.13. The van der Waals surface area contributed by atoms with Gasteiger partial charge in [0.1, 0.15) is 16.9 Å². The van der Waals surface area contributed by atoms with E-state index in [1.165, 1.54) is 6.08 Å². The molecule has 2 aromatic carbocycles. The van der Waals surface area contributed by atoms with Crippen molar-refractivity contribution in [1.29, 1.82) is 0 Å². The number of nitrogens with one attached hydrogen (secondary N) is 2. The van der Waals surface area contributed by atoms with E-state index < -0.39 is 0 Å². The molecular weight excluding hydrogens is 630 g/mol. The highest BCUT2D eigenvalue weighted by Crippen LogP contribution is 2.36. The van der Waals surface area contributed by atoms with Gasteiger partial charge in [-0.25, -0.2) is 4.45 Å². The summed E-state index contributed by atoms with van der Waals surface area (Å²) in [4.78, 5) is 25.8. The molecule has 3 heterocycles. The normalized spacial score (nSPS) is 14.1. The van der Waals surface area contributed by atoms with Gasteiger partial charge in [0.25, 0.3) is 0 Å². The summed E-state index contributed by atoms with van der Waals surface area (Å²) < 4.78 is 13.7. The second kappa shape index (κ2) is 12.1. The zero-order valence-electron chi connectivity index (χ0n) is 21.5.